The zero-order valence-electron chi connectivity index (χ0n) is 8.09. The van der Waals surface area contributed by atoms with E-state index in [1.54, 1.807) is 21.1 Å². The first-order valence-corrected chi connectivity index (χ1v) is 3.95. The van der Waals surface area contributed by atoms with Gasteiger partial charge in [0.05, 0.1) is 0 Å². The normalized spacial score (nSPS) is 11.0. The summed E-state index contributed by atoms with van der Waals surface area (Å²) in [5, 5.41) is 0. The molecule has 0 radical (unpaired) electrons. The van der Waals surface area contributed by atoms with Crippen LogP contribution >= 0.6 is 0 Å². The molecule has 0 heterocycles. The molecule has 0 unspecified atom stereocenters. The summed E-state index contributed by atoms with van der Waals surface area (Å²) < 4.78 is 0.0221. The van der Waals surface area contributed by atoms with E-state index in [4.69, 9.17) is 4.84 Å². The van der Waals surface area contributed by atoms with Crippen LogP contribution in [0.3, 0.4) is 0 Å². The zero-order chi connectivity index (χ0) is 9.78. The first-order valence-electron chi connectivity index (χ1n) is 3.95. The average molecular weight is 174 g/mol. The number of ketones is 1. The highest BCUT2D eigenvalue weighted by atomic mass is 16.7. The van der Waals surface area contributed by atoms with Crippen molar-refractivity contribution in [3.05, 3.63) is 0 Å². The second kappa shape index (κ2) is 4.21. The Balaban J connectivity index is 3.97. The van der Waals surface area contributed by atoms with Gasteiger partial charge in [-0.05, 0) is 6.42 Å². The molecule has 0 saturated heterocycles. The second-order valence-corrected chi connectivity index (χ2v) is 3.44. The Morgan fingerprint density at radius 3 is 2.08 bits per heavy atom. The molecular weight excluding hydrogens is 158 g/mol. The fourth-order valence-electron chi connectivity index (χ4n) is 0.629. The van der Waals surface area contributed by atoms with Gasteiger partial charge < -0.3 is 0 Å². The number of hydrogen-bond donors (Lipinski definition) is 0. The maximum atomic E-state index is 11.0. The summed E-state index contributed by atoms with van der Waals surface area (Å²) in [5.41, 5.74) is 0. The standard InChI is InChI=1S/C8H16NO3/c1-5-6-7(10)8(11)12-9(2,3)4/h5-6H2,1-4H3/q+1. The number of hydrogen-bond acceptors (Lipinski definition) is 3. The van der Waals surface area contributed by atoms with Gasteiger partial charge in [0, 0.05) is 6.42 Å². The largest absolute Gasteiger partial charge is 0.432 e. The van der Waals surface area contributed by atoms with Gasteiger partial charge in [-0.15, -0.1) is 4.65 Å². The van der Waals surface area contributed by atoms with Crippen LogP contribution < -0.4 is 0 Å². The molecule has 0 fully saturated rings. The third kappa shape index (κ3) is 4.85. The summed E-state index contributed by atoms with van der Waals surface area (Å²) in [4.78, 5) is 26.7. The van der Waals surface area contributed by atoms with E-state index in [9.17, 15) is 9.59 Å². The molecule has 0 atom stereocenters. The smallest absolute Gasteiger partial charge is 0.286 e. The molecule has 0 rings (SSSR count). The van der Waals surface area contributed by atoms with Gasteiger partial charge in [-0.1, -0.05) is 6.92 Å². The van der Waals surface area contributed by atoms with E-state index in [0.717, 1.165) is 0 Å². The second-order valence-electron chi connectivity index (χ2n) is 3.44. The lowest BCUT2D eigenvalue weighted by Gasteiger charge is -2.19. The van der Waals surface area contributed by atoms with Crippen LogP contribution in [0.1, 0.15) is 19.8 Å². The quantitative estimate of drug-likeness (QED) is 0.354. The van der Waals surface area contributed by atoms with E-state index in [1.807, 2.05) is 6.92 Å². The van der Waals surface area contributed by atoms with Gasteiger partial charge in [0.1, 0.15) is 21.1 Å². The van der Waals surface area contributed by atoms with Gasteiger partial charge in [0.25, 0.3) is 0 Å². The molecule has 0 aliphatic carbocycles. The molecule has 0 aliphatic rings. The predicted octanol–water partition coefficient (Wildman–Crippen LogP) is 0.520. The molecule has 0 spiro atoms. The third-order valence-electron chi connectivity index (χ3n) is 1.06. The van der Waals surface area contributed by atoms with E-state index < -0.39 is 11.8 Å². The van der Waals surface area contributed by atoms with Gasteiger partial charge in [-0.2, -0.15) is 0 Å². The van der Waals surface area contributed by atoms with E-state index >= 15 is 0 Å². The highest BCUT2D eigenvalue weighted by molar-refractivity contribution is 6.33. The molecule has 0 aromatic carbocycles. The molecule has 0 bridgehead atoms. The van der Waals surface area contributed by atoms with Crippen LogP contribution in [0.15, 0.2) is 0 Å². The maximum Gasteiger partial charge on any atom is 0.432 e. The molecule has 70 valence electrons. The van der Waals surface area contributed by atoms with Gasteiger partial charge in [0.2, 0.25) is 5.78 Å². The Morgan fingerprint density at radius 1 is 1.25 bits per heavy atom. The Hall–Kier alpha value is -0.900. The van der Waals surface area contributed by atoms with E-state index in [1.165, 1.54) is 0 Å². The van der Waals surface area contributed by atoms with Crippen molar-refractivity contribution in [1.29, 1.82) is 0 Å². The molecule has 0 aliphatic heterocycles. The van der Waals surface area contributed by atoms with Crippen molar-refractivity contribution in [3.63, 3.8) is 0 Å². The summed E-state index contributed by atoms with van der Waals surface area (Å²) in [6.07, 6.45) is 0.934. The summed E-state index contributed by atoms with van der Waals surface area (Å²) in [7, 11) is 5.03. The number of quaternary nitrogens is 1. The van der Waals surface area contributed by atoms with Crippen LogP contribution in [-0.2, 0) is 14.4 Å². The molecular formula is C8H16NO3+. The summed E-state index contributed by atoms with van der Waals surface area (Å²) >= 11 is 0. The molecule has 4 heteroatoms. The van der Waals surface area contributed by atoms with Crippen molar-refractivity contribution in [2.24, 2.45) is 0 Å². The molecule has 0 aromatic heterocycles. The van der Waals surface area contributed by atoms with Gasteiger partial charge in [-0.3, -0.25) is 9.63 Å². The number of hydroxylamine groups is 3. The van der Waals surface area contributed by atoms with Crippen molar-refractivity contribution in [1.82, 2.24) is 0 Å². The lowest BCUT2D eigenvalue weighted by molar-refractivity contribution is -1.04. The average Bonchev–Trinajstić information content (AvgIpc) is 1.84. The summed E-state index contributed by atoms with van der Waals surface area (Å²) in [6, 6.07) is 0. The molecule has 0 amide bonds. The molecule has 4 nitrogen and oxygen atoms in total. The maximum absolute atomic E-state index is 11.0. The number of rotatable bonds is 4. The first kappa shape index (κ1) is 11.1. The minimum atomic E-state index is -0.746. The van der Waals surface area contributed by atoms with E-state index in [-0.39, 0.29) is 11.1 Å². The fraction of sp³-hybridized carbons (Fsp3) is 0.750. The highest BCUT2D eigenvalue weighted by Crippen LogP contribution is 1.97. The Bertz CT molecular complexity index is 181. The number of Topliss-reactive ketones (excluding diaryl/α,β-unsaturated/α-hetero) is 1. The number of nitrogens with zero attached hydrogens (tertiary/aromatic N) is 1. The Morgan fingerprint density at radius 2 is 1.75 bits per heavy atom. The fourth-order valence-corrected chi connectivity index (χ4v) is 0.629. The van der Waals surface area contributed by atoms with Crippen LogP contribution in [-0.4, -0.2) is 37.5 Å². The molecule has 0 N–H and O–H groups in total. The summed E-state index contributed by atoms with van der Waals surface area (Å²) in [5.74, 6) is -1.20. The molecule has 0 aromatic rings. The topological polar surface area (TPSA) is 43.4 Å². The SMILES string of the molecule is CCCC(=O)C(=O)O[N+](C)(C)C. The van der Waals surface area contributed by atoms with Crippen LogP contribution in [0, 0.1) is 0 Å². The number of carbonyl (C=O) groups excluding carboxylic acids is 2. The molecule has 12 heavy (non-hydrogen) atoms. The van der Waals surface area contributed by atoms with Crippen molar-refractivity contribution in [2.45, 2.75) is 19.8 Å². The Labute approximate surface area is 72.7 Å². The van der Waals surface area contributed by atoms with E-state index in [2.05, 4.69) is 0 Å². The lowest BCUT2D eigenvalue weighted by atomic mass is 10.2. The van der Waals surface area contributed by atoms with Crippen molar-refractivity contribution >= 4 is 11.8 Å². The van der Waals surface area contributed by atoms with E-state index in [0.29, 0.717) is 6.42 Å². The van der Waals surface area contributed by atoms with Crippen LogP contribution in [0.25, 0.3) is 0 Å². The van der Waals surface area contributed by atoms with Crippen molar-refractivity contribution in [3.8, 4) is 0 Å². The lowest BCUT2D eigenvalue weighted by Crippen LogP contribution is -2.39. The monoisotopic (exact) mass is 174 g/mol. The van der Waals surface area contributed by atoms with Crippen LogP contribution in [0.4, 0.5) is 0 Å². The van der Waals surface area contributed by atoms with Gasteiger partial charge >= 0.3 is 5.97 Å². The highest BCUT2D eigenvalue weighted by Gasteiger charge is 2.22. The van der Waals surface area contributed by atoms with Gasteiger partial charge in [-0.25, -0.2) is 4.79 Å². The third-order valence-corrected chi connectivity index (χ3v) is 1.06. The summed E-state index contributed by atoms with van der Waals surface area (Å²) in [6.45, 7) is 1.84. The first-order chi connectivity index (χ1) is 5.37. The van der Waals surface area contributed by atoms with Crippen LogP contribution in [0.5, 0.6) is 0 Å². The zero-order valence-corrected chi connectivity index (χ0v) is 8.09. The molecule has 0 saturated carbocycles. The minimum Gasteiger partial charge on any atom is -0.286 e. The predicted molar refractivity (Wildman–Crippen MR) is 44.0 cm³/mol. The van der Waals surface area contributed by atoms with Crippen LogP contribution in [0.2, 0.25) is 0 Å². The van der Waals surface area contributed by atoms with Crippen molar-refractivity contribution in [2.75, 3.05) is 21.1 Å². The number of carbonyl (C=O) groups is 2. The van der Waals surface area contributed by atoms with Gasteiger partial charge in [0.15, 0.2) is 0 Å². The van der Waals surface area contributed by atoms with Crippen molar-refractivity contribution < 1.29 is 19.1 Å². The minimum absolute atomic E-state index is 0.0221. The Kier molecular flexibility index (Phi) is 3.89.